The van der Waals surface area contributed by atoms with E-state index in [0.717, 1.165) is 34.8 Å². The molecule has 0 fully saturated rings. The number of carbonyl (C=O) groups is 1. The summed E-state index contributed by atoms with van der Waals surface area (Å²) in [4.78, 5) is 35.4. The van der Waals surface area contributed by atoms with E-state index in [4.69, 9.17) is 17.9 Å². The van der Waals surface area contributed by atoms with Gasteiger partial charge in [0.1, 0.15) is 12.2 Å². The molecule has 1 amide bonds. The molecule has 0 saturated heterocycles. The van der Waals surface area contributed by atoms with Gasteiger partial charge in [-0.1, -0.05) is 177 Å². The van der Waals surface area contributed by atoms with E-state index in [1.54, 1.807) is 50.8 Å². The summed E-state index contributed by atoms with van der Waals surface area (Å²) in [6.07, 6.45) is 1.51. The molecule has 554 valence electrons. The van der Waals surface area contributed by atoms with Crippen LogP contribution >= 0.6 is 22.9 Å². The normalized spacial score (nSPS) is 10.7. The third-order valence-electron chi connectivity index (χ3n) is 11.5. The van der Waals surface area contributed by atoms with E-state index in [0.29, 0.717) is 82.6 Å². The second kappa shape index (κ2) is 46.8. The number of tetrazole rings is 2. The maximum absolute atomic E-state index is 11.9. The van der Waals surface area contributed by atoms with Crippen LogP contribution < -0.4 is 5.32 Å². The molecular formula is C61H100F3N27O7S2. The number of thiazole rings is 1. The third kappa shape index (κ3) is 36.4. The molecule has 0 aliphatic heterocycles. The van der Waals surface area contributed by atoms with Crippen LogP contribution in [0, 0.1) is 13.8 Å². The number of amides is 1. The fourth-order valence-electron chi connectivity index (χ4n) is 5.91. The number of aromatic amines is 1. The highest BCUT2D eigenvalue weighted by Crippen LogP contribution is 2.28. The average molecular weight is 1440 g/mol. The van der Waals surface area contributed by atoms with Gasteiger partial charge in [-0.2, -0.15) is 43.0 Å². The number of aryl methyl sites for hydroxylation is 4. The van der Waals surface area contributed by atoms with E-state index >= 15 is 0 Å². The molecule has 0 radical (unpaired) electrons. The molecule has 0 bridgehead atoms. The largest absolute Gasteiger partial charge is 0.471 e. The van der Waals surface area contributed by atoms with Gasteiger partial charge in [0, 0.05) is 104 Å². The topological polar surface area (TPSA) is 430 Å². The number of carbonyl (C=O) groups excluding carboxylic acids is 1. The maximum atomic E-state index is 11.9. The first kappa shape index (κ1) is 88.6. The molecule has 0 spiro atoms. The molecule has 11 aromatic heterocycles. The summed E-state index contributed by atoms with van der Waals surface area (Å²) in [5.41, 5.74) is 1.09. The summed E-state index contributed by atoms with van der Waals surface area (Å²) in [7, 11) is 5.12. The standard InChI is InChI=1S/C7H11N3O2.C6H7F3N2O.2C6H10N2O.C6H9NS.2C5H10N4.C5H9N3.2C5H8N2O.C5H8N2S/c1-4(2)5-9-7(12-10-5)6(11)8-3;1-3(2)4-10-5(12-11-4)6(7,8)9;1-4(2)6-8-7-5(3)9-6;1-4(2)6-7-5(3)9-8-6;1-5(2)6-7-3-4-8-6;1-4(2)5-6-7-8-9(5)3;1-4(2)5-6-8-9(3)7-5;1-4(2)5-6-3-7-8-5;1-4(2)5-7-6-3-8-5;1-4(2)5-6-3-8-7-5;1-4(2)5-3-8-7-6-5/h4H,1-3H3,(H,8,11);3H,1-2H3;2*4H,1-3H3;3-5H,1-2H3;2*4H,1-3H3;3-4H,1-2H3,(H,6,7,8);3*3-4H,1-2H3. The Kier molecular flexibility index (Phi) is 41.4. The van der Waals surface area contributed by atoms with E-state index < -0.39 is 12.1 Å². The predicted molar refractivity (Wildman–Crippen MR) is 365 cm³/mol. The number of rotatable bonds is 12. The van der Waals surface area contributed by atoms with Crippen molar-refractivity contribution < 1.29 is 44.9 Å². The molecule has 11 heterocycles. The van der Waals surface area contributed by atoms with Gasteiger partial charge in [0.05, 0.1) is 17.7 Å². The van der Waals surface area contributed by atoms with Crippen molar-refractivity contribution in [2.75, 3.05) is 7.05 Å². The van der Waals surface area contributed by atoms with Crippen LogP contribution in [-0.2, 0) is 20.3 Å². The second-order valence-corrected chi connectivity index (χ2v) is 26.0. The predicted octanol–water partition coefficient (Wildman–Crippen LogP) is 13.7. The number of hydrogen-bond donors (Lipinski definition) is 2. The number of hydrogen-bond acceptors (Lipinski definition) is 32. The number of halogens is 3. The number of nitrogens with one attached hydrogen (secondary N) is 2. The van der Waals surface area contributed by atoms with Crippen LogP contribution in [0.25, 0.3) is 0 Å². The van der Waals surface area contributed by atoms with Crippen molar-refractivity contribution in [2.45, 2.75) is 237 Å². The molecule has 39 heteroatoms. The lowest BCUT2D eigenvalue weighted by Gasteiger charge is -1.98. The summed E-state index contributed by atoms with van der Waals surface area (Å²) in [5.74, 6) is 9.70. The number of H-pyrrole nitrogens is 1. The third-order valence-corrected chi connectivity index (χ3v) is 13.1. The van der Waals surface area contributed by atoms with Crippen LogP contribution in [0.5, 0.6) is 0 Å². The SMILES string of the molecule is CC(C)c1csnn1.CC(C)c1nccs1.CC(C)c1ncn[nH]1.CC(C)c1ncon1.CC(C)c1nnco1.CC(C)c1nnn(C)n1.CC(C)c1nnnn1C.CC(C)c1noc(C(F)(F)F)n1.CNC(=O)c1nc(C(C)C)no1.Cc1nc(C(C)C)no1.Cc1nnc(C(C)C)o1. The highest BCUT2D eigenvalue weighted by atomic mass is 32.1. The fraction of sp³-hybridized carbons (Fsp3) is 0.639. The molecule has 34 nitrogen and oxygen atoms in total. The summed E-state index contributed by atoms with van der Waals surface area (Å²) in [6.45, 7) is 47.8. The van der Waals surface area contributed by atoms with Gasteiger partial charge in [0.2, 0.25) is 36.4 Å². The quantitative estimate of drug-likeness (QED) is 0.115. The molecule has 0 atom stereocenters. The zero-order chi connectivity index (χ0) is 75.8. The van der Waals surface area contributed by atoms with Crippen LogP contribution in [-0.4, -0.2) is 144 Å². The first-order valence-corrected chi connectivity index (χ1v) is 33.7. The van der Waals surface area contributed by atoms with Crippen molar-refractivity contribution in [3.63, 3.8) is 0 Å². The Balaban J connectivity index is 0.000000552. The second-order valence-electron chi connectivity index (χ2n) is 24.5. The van der Waals surface area contributed by atoms with Gasteiger partial charge in [-0.25, -0.2) is 14.6 Å². The molecule has 0 unspecified atom stereocenters. The minimum absolute atomic E-state index is 0.0150. The van der Waals surface area contributed by atoms with Gasteiger partial charge in [-0.05, 0) is 33.1 Å². The lowest BCUT2D eigenvalue weighted by molar-refractivity contribution is -0.159. The van der Waals surface area contributed by atoms with Gasteiger partial charge in [-0.15, -0.1) is 52.1 Å². The molecular weight excluding hydrogens is 1340 g/mol. The molecule has 100 heavy (non-hydrogen) atoms. The van der Waals surface area contributed by atoms with E-state index in [-0.39, 0.29) is 29.5 Å². The highest BCUT2D eigenvalue weighted by Gasteiger charge is 2.38. The van der Waals surface area contributed by atoms with Crippen LogP contribution in [0.15, 0.2) is 63.0 Å². The molecule has 0 aliphatic carbocycles. The van der Waals surface area contributed by atoms with Gasteiger partial charge >= 0.3 is 23.9 Å². The Morgan fingerprint density at radius 2 is 1.17 bits per heavy atom. The average Bonchev–Trinajstić information content (AvgIpc) is 1.69. The van der Waals surface area contributed by atoms with Crippen LogP contribution in [0.3, 0.4) is 0 Å². The van der Waals surface area contributed by atoms with E-state index in [9.17, 15) is 18.0 Å². The Bertz CT molecular complexity index is 3390. The maximum Gasteiger partial charge on any atom is 0.471 e. The summed E-state index contributed by atoms with van der Waals surface area (Å²) >= 11 is 3.13. The Morgan fingerprint density at radius 1 is 0.570 bits per heavy atom. The molecule has 0 saturated carbocycles. The molecule has 11 rings (SSSR count). The van der Waals surface area contributed by atoms with Gasteiger partial charge < -0.3 is 32.2 Å². The van der Waals surface area contributed by atoms with E-state index in [2.05, 4.69) is 191 Å². The summed E-state index contributed by atoms with van der Waals surface area (Å²) < 4.78 is 69.0. The fourth-order valence-corrected chi connectivity index (χ4v) is 7.18. The lowest BCUT2D eigenvalue weighted by Crippen LogP contribution is -2.18. The number of nitrogens with zero attached hydrogens (tertiary/aromatic N) is 25. The van der Waals surface area contributed by atoms with Crippen molar-refractivity contribution in [1.29, 1.82) is 0 Å². The Hall–Kier alpha value is -9.43. The van der Waals surface area contributed by atoms with Gasteiger partial charge in [0.25, 0.3) is 0 Å². The first-order chi connectivity index (χ1) is 46.9. The summed E-state index contributed by atoms with van der Waals surface area (Å²) in [5, 5.41) is 69.4. The molecule has 11 aromatic rings. The van der Waals surface area contributed by atoms with E-state index in [1.165, 1.54) is 47.5 Å². The highest BCUT2D eigenvalue weighted by molar-refractivity contribution is 7.09. The van der Waals surface area contributed by atoms with E-state index in [1.807, 2.05) is 107 Å². The smallest absolute Gasteiger partial charge is 0.428 e. The van der Waals surface area contributed by atoms with Gasteiger partial charge in [0.15, 0.2) is 34.9 Å². The monoisotopic (exact) mass is 1440 g/mol. The minimum atomic E-state index is -4.54. The number of aromatic nitrogens is 26. The van der Waals surface area contributed by atoms with Crippen LogP contribution in [0.1, 0.15) is 309 Å². The zero-order valence-corrected chi connectivity index (χ0v) is 63.9. The van der Waals surface area contributed by atoms with Crippen molar-refractivity contribution >= 4 is 28.8 Å². The Morgan fingerprint density at radius 3 is 1.43 bits per heavy atom. The van der Waals surface area contributed by atoms with Crippen LogP contribution in [0.2, 0.25) is 0 Å². The summed E-state index contributed by atoms with van der Waals surface area (Å²) in [6, 6.07) is 0. The van der Waals surface area contributed by atoms with Crippen LogP contribution in [0.4, 0.5) is 13.2 Å². The number of alkyl halides is 3. The molecule has 0 aliphatic rings. The van der Waals surface area contributed by atoms with Crippen molar-refractivity contribution in [1.82, 2.24) is 136 Å². The van der Waals surface area contributed by atoms with Gasteiger partial charge in [-0.3, -0.25) is 9.89 Å². The lowest BCUT2D eigenvalue weighted by atomic mass is 10.2. The first-order valence-electron chi connectivity index (χ1n) is 32.0. The van der Waals surface area contributed by atoms with Crippen molar-refractivity contribution in [3.8, 4) is 0 Å². The minimum Gasteiger partial charge on any atom is -0.428 e. The van der Waals surface area contributed by atoms with Crippen molar-refractivity contribution in [3.05, 3.63) is 123 Å². The zero-order valence-electron chi connectivity index (χ0n) is 62.3. The Labute approximate surface area is 589 Å². The molecule has 0 aromatic carbocycles. The molecule has 2 N–H and O–H groups in total. The van der Waals surface area contributed by atoms with Crippen molar-refractivity contribution in [2.24, 2.45) is 14.1 Å².